The molecule has 0 radical (unpaired) electrons. The van der Waals surface area contributed by atoms with Crippen molar-refractivity contribution in [2.45, 2.75) is 18.9 Å². The second-order valence-corrected chi connectivity index (χ2v) is 5.84. The van der Waals surface area contributed by atoms with E-state index in [1.165, 1.54) is 14.2 Å². The second kappa shape index (κ2) is 10.8. The number of anilines is 1. The Morgan fingerprint density at radius 2 is 1.77 bits per heavy atom. The SMILES string of the molecule is COc1cc(NC(=O)CNC(=O)C(N)C2CCOCC2)cc(OC)c1.Cl. The Balaban J connectivity index is 0.00000338. The fourth-order valence-electron chi connectivity index (χ4n) is 2.66. The summed E-state index contributed by atoms with van der Waals surface area (Å²) >= 11 is 0. The van der Waals surface area contributed by atoms with Crippen LogP contribution in [0.5, 0.6) is 11.5 Å². The predicted molar refractivity (Wildman–Crippen MR) is 100.0 cm³/mol. The number of methoxy groups -OCH3 is 2. The molecule has 1 aliphatic heterocycles. The highest BCUT2D eigenvalue weighted by molar-refractivity contribution is 5.95. The predicted octanol–water partition coefficient (Wildman–Crippen LogP) is 0.934. The van der Waals surface area contributed by atoms with Gasteiger partial charge in [0.25, 0.3) is 0 Å². The van der Waals surface area contributed by atoms with Crippen LogP contribution < -0.4 is 25.8 Å². The first-order valence-corrected chi connectivity index (χ1v) is 8.17. The minimum absolute atomic E-state index is 0. The van der Waals surface area contributed by atoms with Gasteiger partial charge in [-0.15, -0.1) is 12.4 Å². The molecule has 1 aliphatic rings. The zero-order valence-electron chi connectivity index (χ0n) is 14.9. The summed E-state index contributed by atoms with van der Waals surface area (Å²) in [5, 5.41) is 5.27. The van der Waals surface area contributed by atoms with Gasteiger partial charge in [-0.25, -0.2) is 0 Å². The Bertz CT molecular complexity index is 586. The molecule has 4 N–H and O–H groups in total. The van der Waals surface area contributed by atoms with Crippen LogP contribution in [0.2, 0.25) is 0 Å². The van der Waals surface area contributed by atoms with Crippen molar-refractivity contribution < 1.29 is 23.8 Å². The monoisotopic (exact) mass is 387 g/mol. The van der Waals surface area contributed by atoms with Crippen molar-refractivity contribution in [1.29, 1.82) is 0 Å². The molecule has 146 valence electrons. The number of amides is 2. The lowest BCUT2D eigenvalue weighted by Gasteiger charge is -2.26. The van der Waals surface area contributed by atoms with E-state index in [4.69, 9.17) is 19.9 Å². The average Bonchev–Trinajstić information content (AvgIpc) is 2.65. The number of benzene rings is 1. The molecule has 9 heteroatoms. The summed E-state index contributed by atoms with van der Waals surface area (Å²) in [5.74, 6) is 0.507. The third-order valence-electron chi connectivity index (χ3n) is 4.13. The van der Waals surface area contributed by atoms with E-state index in [1.807, 2.05) is 0 Å². The smallest absolute Gasteiger partial charge is 0.243 e. The molecule has 1 aromatic carbocycles. The molecule has 26 heavy (non-hydrogen) atoms. The van der Waals surface area contributed by atoms with E-state index in [0.717, 1.165) is 12.8 Å². The molecule has 2 amide bonds. The summed E-state index contributed by atoms with van der Waals surface area (Å²) in [7, 11) is 3.05. The summed E-state index contributed by atoms with van der Waals surface area (Å²) in [6.07, 6.45) is 1.51. The lowest BCUT2D eigenvalue weighted by atomic mass is 9.92. The molecule has 1 atom stereocenters. The van der Waals surface area contributed by atoms with Gasteiger partial charge in [0.15, 0.2) is 0 Å². The number of carbonyl (C=O) groups is 2. The highest BCUT2D eigenvalue weighted by Gasteiger charge is 2.26. The van der Waals surface area contributed by atoms with Crippen LogP contribution in [0.25, 0.3) is 0 Å². The van der Waals surface area contributed by atoms with Gasteiger partial charge < -0.3 is 30.6 Å². The molecule has 1 saturated heterocycles. The number of carbonyl (C=O) groups excluding carboxylic acids is 2. The van der Waals surface area contributed by atoms with E-state index in [0.29, 0.717) is 30.4 Å². The first-order chi connectivity index (χ1) is 12.0. The Morgan fingerprint density at radius 3 is 2.31 bits per heavy atom. The zero-order valence-corrected chi connectivity index (χ0v) is 15.8. The van der Waals surface area contributed by atoms with Crippen molar-refractivity contribution in [3.8, 4) is 11.5 Å². The maximum atomic E-state index is 12.1. The molecule has 8 nitrogen and oxygen atoms in total. The summed E-state index contributed by atoms with van der Waals surface area (Å²) in [6.45, 7) is 1.07. The number of ether oxygens (including phenoxy) is 3. The third kappa shape index (κ3) is 6.36. The van der Waals surface area contributed by atoms with Crippen LogP contribution in [0.15, 0.2) is 18.2 Å². The van der Waals surface area contributed by atoms with E-state index in [-0.39, 0.29) is 36.7 Å². The lowest BCUT2D eigenvalue weighted by Crippen LogP contribution is -2.48. The van der Waals surface area contributed by atoms with Gasteiger partial charge in [-0.2, -0.15) is 0 Å². The third-order valence-corrected chi connectivity index (χ3v) is 4.13. The summed E-state index contributed by atoms with van der Waals surface area (Å²) in [5.41, 5.74) is 6.49. The van der Waals surface area contributed by atoms with Crippen LogP contribution in [0, 0.1) is 5.92 Å². The molecule has 0 spiro atoms. The van der Waals surface area contributed by atoms with Crippen molar-refractivity contribution in [3.63, 3.8) is 0 Å². The second-order valence-electron chi connectivity index (χ2n) is 5.84. The zero-order chi connectivity index (χ0) is 18.2. The Morgan fingerprint density at radius 1 is 1.19 bits per heavy atom. The Hall–Kier alpha value is -2.03. The molecular weight excluding hydrogens is 362 g/mol. The van der Waals surface area contributed by atoms with Crippen molar-refractivity contribution in [3.05, 3.63) is 18.2 Å². The van der Waals surface area contributed by atoms with Crippen LogP contribution in [0.3, 0.4) is 0 Å². The molecular formula is C17H26ClN3O5. The van der Waals surface area contributed by atoms with Gasteiger partial charge >= 0.3 is 0 Å². The fraction of sp³-hybridized carbons (Fsp3) is 0.529. The normalized spacial score (nSPS) is 15.3. The number of rotatable bonds is 7. The molecule has 1 heterocycles. The topological polar surface area (TPSA) is 112 Å². The molecule has 0 saturated carbocycles. The maximum absolute atomic E-state index is 12.1. The number of nitrogens with two attached hydrogens (primary N) is 1. The molecule has 1 aromatic rings. The van der Waals surface area contributed by atoms with E-state index in [9.17, 15) is 9.59 Å². The van der Waals surface area contributed by atoms with Crippen LogP contribution in [0.4, 0.5) is 5.69 Å². The minimum atomic E-state index is -0.631. The Kier molecular flexibility index (Phi) is 9.18. The quantitative estimate of drug-likeness (QED) is 0.641. The summed E-state index contributed by atoms with van der Waals surface area (Å²) in [6, 6.07) is 4.39. The van der Waals surface area contributed by atoms with Gasteiger partial charge in [0.1, 0.15) is 11.5 Å². The van der Waals surface area contributed by atoms with Crippen molar-refractivity contribution in [1.82, 2.24) is 5.32 Å². The lowest BCUT2D eigenvalue weighted by molar-refractivity contribution is -0.126. The van der Waals surface area contributed by atoms with Gasteiger partial charge in [-0.05, 0) is 18.8 Å². The molecule has 1 unspecified atom stereocenters. The highest BCUT2D eigenvalue weighted by atomic mass is 35.5. The molecule has 2 rings (SSSR count). The minimum Gasteiger partial charge on any atom is -0.497 e. The van der Waals surface area contributed by atoms with Crippen molar-refractivity contribution in [2.75, 3.05) is 39.3 Å². The molecule has 1 fully saturated rings. The number of hydrogen-bond donors (Lipinski definition) is 3. The highest BCUT2D eigenvalue weighted by Crippen LogP contribution is 2.25. The van der Waals surface area contributed by atoms with Crippen LogP contribution >= 0.6 is 12.4 Å². The standard InChI is InChI=1S/C17H25N3O5.ClH/c1-23-13-7-12(8-14(9-13)24-2)20-15(21)10-19-17(22)16(18)11-3-5-25-6-4-11;/h7-9,11,16H,3-6,10,18H2,1-2H3,(H,19,22)(H,20,21);1H. The van der Waals surface area contributed by atoms with Gasteiger partial charge in [0.05, 0.1) is 26.8 Å². The van der Waals surface area contributed by atoms with E-state index < -0.39 is 6.04 Å². The van der Waals surface area contributed by atoms with Crippen molar-refractivity contribution >= 4 is 29.9 Å². The first kappa shape index (κ1) is 22.0. The van der Waals surface area contributed by atoms with E-state index in [2.05, 4.69) is 10.6 Å². The van der Waals surface area contributed by atoms with Crippen molar-refractivity contribution in [2.24, 2.45) is 11.7 Å². The van der Waals surface area contributed by atoms with E-state index in [1.54, 1.807) is 18.2 Å². The number of hydrogen-bond acceptors (Lipinski definition) is 6. The van der Waals surface area contributed by atoms with Gasteiger partial charge in [-0.1, -0.05) is 0 Å². The maximum Gasteiger partial charge on any atom is 0.243 e. The van der Waals surface area contributed by atoms with Crippen LogP contribution in [0.1, 0.15) is 12.8 Å². The van der Waals surface area contributed by atoms with Crippen LogP contribution in [-0.2, 0) is 14.3 Å². The van der Waals surface area contributed by atoms with Crippen LogP contribution in [-0.4, -0.2) is 51.8 Å². The Labute approximate surface area is 159 Å². The molecule has 0 aliphatic carbocycles. The average molecular weight is 388 g/mol. The molecule has 0 aromatic heterocycles. The number of halogens is 1. The fourth-order valence-corrected chi connectivity index (χ4v) is 2.66. The summed E-state index contributed by atoms with van der Waals surface area (Å²) < 4.78 is 15.6. The first-order valence-electron chi connectivity index (χ1n) is 8.17. The van der Waals surface area contributed by atoms with Gasteiger partial charge in [0.2, 0.25) is 11.8 Å². The van der Waals surface area contributed by atoms with Gasteiger partial charge in [0, 0.05) is 37.1 Å². The largest absolute Gasteiger partial charge is 0.497 e. The summed E-state index contributed by atoms with van der Waals surface area (Å²) in [4.78, 5) is 24.1. The van der Waals surface area contributed by atoms with E-state index >= 15 is 0 Å². The molecule has 0 bridgehead atoms. The van der Waals surface area contributed by atoms with Gasteiger partial charge in [-0.3, -0.25) is 9.59 Å². The number of nitrogens with one attached hydrogen (secondary N) is 2.